The highest BCUT2D eigenvalue weighted by atomic mass is 16.7. The number of carbonyl (C=O) groups excluding carboxylic acids is 2. The summed E-state index contributed by atoms with van der Waals surface area (Å²) in [6.07, 6.45) is 37.0. The van der Waals surface area contributed by atoms with Gasteiger partial charge in [0.25, 0.3) is 0 Å². The Morgan fingerprint density at radius 1 is 0.632 bits per heavy atom. The Morgan fingerprint density at radius 2 is 1.28 bits per heavy atom. The van der Waals surface area contributed by atoms with Crippen LogP contribution in [0.3, 0.4) is 0 Å². The molecule has 1 radical (unpaired) electrons. The van der Waals surface area contributed by atoms with E-state index in [0.717, 1.165) is 96.7 Å². The van der Waals surface area contributed by atoms with Crippen molar-refractivity contribution in [2.24, 2.45) is 17.8 Å². The summed E-state index contributed by atoms with van der Waals surface area (Å²) in [5.41, 5.74) is 0. The molecule has 0 aromatic carbocycles. The summed E-state index contributed by atoms with van der Waals surface area (Å²) in [6, 6.07) is 0. The molecule has 0 N–H and O–H groups in total. The van der Waals surface area contributed by atoms with E-state index >= 15 is 0 Å². The first-order valence-corrected chi connectivity index (χ1v) is 24.0. The van der Waals surface area contributed by atoms with Gasteiger partial charge < -0.3 is 28.6 Å². The van der Waals surface area contributed by atoms with Crippen LogP contribution in [-0.4, -0.2) is 76.0 Å². The number of esters is 1. The summed E-state index contributed by atoms with van der Waals surface area (Å²) < 4.78 is 29.5. The Morgan fingerprint density at radius 3 is 1.93 bits per heavy atom. The lowest BCUT2D eigenvalue weighted by Gasteiger charge is -2.31. The molecule has 0 spiro atoms. The Balaban J connectivity index is 2.78. The van der Waals surface area contributed by atoms with Crippen molar-refractivity contribution in [2.75, 3.05) is 52.7 Å². The third kappa shape index (κ3) is 32.6. The smallest absolute Gasteiger partial charge is 0.465 e. The number of hydrogen-bond acceptors (Lipinski definition) is 8. The summed E-state index contributed by atoms with van der Waals surface area (Å²) in [4.78, 5) is 28.4. The van der Waals surface area contributed by atoms with Crippen LogP contribution in [0.4, 0.5) is 4.79 Å². The van der Waals surface area contributed by atoms with Crippen molar-refractivity contribution < 1.29 is 33.3 Å². The van der Waals surface area contributed by atoms with Crippen molar-refractivity contribution in [1.29, 1.82) is 0 Å². The Bertz CT molecular complexity index is 947. The highest BCUT2D eigenvalue weighted by Crippen LogP contribution is 2.26. The molecule has 3 atom stereocenters. The standard InChI is InChI=1S/C49H90NO7/c1-6-11-15-19-22-26-31-44(30-25-18-14-9-4)33-34-46(43-57-49(52)56-41-45-32-29-37-50(10-5)40-45)42-55-47(51)35-36-48(53-38-27-23-20-16-12-7-2)54-39-28-24-21-17-13-8-3/h12-13,15-17,44-46,48H,6-11,14,18-43H2,1-5H3/b16-12-,17-13-. The van der Waals surface area contributed by atoms with Gasteiger partial charge in [0.2, 0.25) is 0 Å². The third-order valence-electron chi connectivity index (χ3n) is 11.1. The van der Waals surface area contributed by atoms with Crippen LogP contribution in [0.1, 0.15) is 195 Å². The van der Waals surface area contributed by atoms with Crippen LogP contribution in [0.2, 0.25) is 0 Å². The normalized spacial score (nSPS) is 16.1. The van der Waals surface area contributed by atoms with E-state index in [-0.39, 0.29) is 31.5 Å². The predicted octanol–water partition coefficient (Wildman–Crippen LogP) is 13.4. The Labute approximate surface area is 352 Å². The van der Waals surface area contributed by atoms with Crippen LogP contribution in [0.5, 0.6) is 0 Å². The number of piperidine rings is 1. The maximum absolute atomic E-state index is 13.2. The molecule has 57 heavy (non-hydrogen) atoms. The van der Waals surface area contributed by atoms with Crippen molar-refractivity contribution in [3.63, 3.8) is 0 Å². The van der Waals surface area contributed by atoms with Gasteiger partial charge in [0.05, 0.1) is 19.6 Å². The first kappa shape index (κ1) is 53.1. The molecule has 1 fully saturated rings. The maximum Gasteiger partial charge on any atom is 0.508 e. The summed E-state index contributed by atoms with van der Waals surface area (Å²) in [5.74, 6) is 0.645. The zero-order chi connectivity index (χ0) is 41.4. The van der Waals surface area contributed by atoms with Crippen LogP contribution >= 0.6 is 0 Å². The molecule has 1 aliphatic rings. The first-order valence-electron chi connectivity index (χ1n) is 24.0. The number of unbranched alkanes of at least 4 members (excludes halogenated alkanes) is 12. The molecular formula is C49H90NO7. The second kappa shape index (κ2) is 39.6. The molecule has 1 saturated heterocycles. The first-order chi connectivity index (χ1) is 27.9. The second-order valence-electron chi connectivity index (χ2n) is 16.4. The fourth-order valence-corrected chi connectivity index (χ4v) is 7.50. The van der Waals surface area contributed by atoms with Crippen molar-refractivity contribution in [3.8, 4) is 0 Å². The van der Waals surface area contributed by atoms with Gasteiger partial charge in [0, 0.05) is 38.0 Å². The SMILES string of the molecule is CC/C=C\CCCCOC(CCC(=O)OCC(CCC(CCCC[CH]CCC)CCCCCC)COC(=O)OCC1CCCN(CC)C1)OCCCC/C=C\CC. The monoisotopic (exact) mass is 805 g/mol. The zero-order valence-electron chi connectivity index (χ0n) is 37.8. The lowest BCUT2D eigenvalue weighted by atomic mass is 9.88. The zero-order valence-corrected chi connectivity index (χ0v) is 37.8. The molecule has 3 unspecified atom stereocenters. The molecule has 333 valence electrons. The minimum absolute atomic E-state index is 0.0744. The molecule has 0 aromatic rings. The molecule has 8 heteroatoms. The van der Waals surface area contributed by atoms with Crippen LogP contribution in [0.15, 0.2) is 24.3 Å². The molecule has 1 aliphatic heterocycles. The van der Waals surface area contributed by atoms with Gasteiger partial charge >= 0.3 is 12.1 Å². The number of hydrogen-bond donors (Lipinski definition) is 0. The minimum atomic E-state index is -0.612. The van der Waals surface area contributed by atoms with Gasteiger partial charge in [-0.3, -0.25) is 4.79 Å². The molecule has 8 nitrogen and oxygen atoms in total. The van der Waals surface area contributed by atoms with Crippen LogP contribution in [0.25, 0.3) is 0 Å². The molecular weight excluding hydrogens is 715 g/mol. The van der Waals surface area contributed by atoms with E-state index in [0.29, 0.717) is 38.1 Å². The molecule has 0 saturated carbocycles. The van der Waals surface area contributed by atoms with Gasteiger partial charge in [-0.15, -0.1) is 0 Å². The van der Waals surface area contributed by atoms with Gasteiger partial charge in [0.15, 0.2) is 6.29 Å². The van der Waals surface area contributed by atoms with E-state index in [1.807, 2.05) is 0 Å². The van der Waals surface area contributed by atoms with Crippen molar-refractivity contribution in [2.45, 2.75) is 201 Å². The minimum Gasteiger partial charge on any atom is -0.465 e. The van der Waals surface area contributed by atoms with E-state index in [9.17, 15) is 9.59 Å². The predicted molar refractivity (Wildman–Crippen MR) is 237 cm³/mol. The van der Waals surface area contributed by atoms with Crippen LogP contribution < -0.4 is 0 Å². The van der Waals surface area contributed by atoms with Crippen molar-refractivity contribution in [3.05, 3.63) is 30.7 Å². The van der Waals surface area contributed by atoms with Crippen molar-refractivity contribution in [1.82, 2.24) is 4.90 Å². The average molecular weight is 805 g/mol. The number of ether oxygens (including phenoxy) is 5. The quantitative estimate of drug-likeness (QED) is 0.0263. The molecule has 0 aromatic heterocycles. The summed E-state index contributed by atoms with van der Waals surface area (Å²) in [6.45, 7) is 16.1. The molecule has 0 bridgehead atoms. The summed E-state index contributed by atoms with van der Waals surface area (Å²) in [5, 5.41) is 0. The van der Waals surface area contributed by atoms with E-state index < -0.39 is 12.4 Å². The number of likely N-dealkylation sites (tertiary alicyclic amines) is 1. The van der Waals surface area contributed by atoms with E-state index in [2.05, 4.69) is 70.2 Å². The van der Waals surface area contributed by atoms with E-state index in [4.69, 9.17) is 23.7 Å². The van der Waals surface area contributed by atoms with Crippen LogP contribution in [0, 0.1) is 24.2 Å². The van der Waals surface area contributed by atoms with E-state index in [1.165, 1.54) is 70.6 Å². The molecule has 0 amide bonds. The lowest BCUT2D eigenvalue weighted by molar-refractivity contribution is -0.160. The Kier molecular flexibility index (Phi) is 36.9. The third-order valence-corrected chi connectivity index (χ3v) is 11.1. The van der Waals surface area contributed by atoms with Crippen molar-refractivity contribution >= 4 is 12.1 Å². The number of rotatable bonds is 39. The molecule has 1 rings (SSSR count). The number of allylic oxidation sites excluding steroid dienone is 4. The summed E-state index contributed by atoms with van der Waals surface area (Å²) >= 11 is 0. The van der Waals surface area contributed by atoms with Crippen LogP contribution in [-0.2, 0) is 28.5 Å². The largest absolute Gasteiger partial charge is 0.508 e. The average Bonchev–Trinajstić information content (AvgIpc) is 3.23. The fraction of sp³-hybridized carbons (Fsp3) is 0.857. The van der Waals surface area contributed by atoms with Gasteiger partial charge in [-0.2, -0.15) is 0 Å². The van der Waals surface area contributed by atoms with Gasteiger partial charge in [-0.05, 0) is 102 Å². The lowest BCUT2D eigenvalue weighted by Crippen LogP contribution is -2.37. The number of carbonyl (C=O) groups is 2. The molecule has 1 heterocycles. The molecule has 0 aliphatic carbocycles. The van der Waals surface area contributed by atoms with Gasteiger partial charge in [-0.25, -0.2) is 4.79 Å². The Hall–Kier alpha value is -1.90. The fourth-order valence-electron chi connectivity index (χ4n) is 7.50. The van der Waals surface area contributed by atoms with Gasteiger partial charge in [0.1, 0.15) is 6.61 Å². The summed E-state index contributed by atoms with van der Waals surface area (Å²) in [7, 11) is 0. The highest BCUT2D eigenvalue weighted by molar-refractivity contribution is 5.69. The van der Waals surface area contributed by atoms with Gasteiger partial charge in [-0.1, -0.05) is 130 Å². The van der Waals surface area contributed by atoms with E-state index in [1.54, 1.807) is 0 Å². The second-order valence-corrected chi connectivity index (χ2v) is 16.4. The topological polar surface area (TPSA) is 83.5 Å². The number of nitrogens with zero attached hydrogens (tertiary/aromatic N) is 1. The maximum atomic E-state index is 13.2. The highest BCUT2D eigenvalue weighted by Gasteiger charge is 2.23.